The van der Waals surface area contributed by atoms with Crippen LogP contribution in [0, 0.1) is 6.92 Å². The van der Waals surface area contributed by atoms with E-state index >= 15 is 0 Å². The fraction of sp³-hybridized carbons (Fsp3) is 0.250. The van der Waals surface area contributed by atoms with E-state index in [0.717, 1.165) is 23.9 Å². The fourth-order valence-electron chi connectivity index (χ4n) is 3.34. The Morgan fingerprint density at radius 3 is 2.52 bits per heavy atom. The van der Waals surface area contributed by atoms with Crippen molar-refractivity contribution in [1.29, 1.82) is 0 Å². The Balaban J connectivity index is 1.65. The van der Waals surface area contributed by atoms with E-state index in [9.17, 15) is 8.42 Å². The van der Waals surface area contributed by atoms with Gasteiger partial charge in [0.25, 0.3) is 0 Å². The standard InChI is InChI=1S/C20H20N2O2S/c1-15-9-10-18(17-8-5-13-21-19(15)17)25(23,24)22-14-20(11-12-20)16-6-3-2-4-7-16/h2-10,13,22H,11-12,14H2,1H3. The van der Waals surface area contributed by atoms with Gasteiger partial charge in [-0.15, -0.1) is 0 Å². The molecule has 2 aromatic carbocycles. The highest BCUT2D eigenvalue weighted by Gasteiger charge is 2.44. The molecule has 1 aromatic heterocycles. The monoisotopic (exact) mass is 352 g/mol. The lowest BCUT2D eigenvalue weighted by atomic mass is 9.96. The highest BCUT2D eigenvalue weighted by Crippen LogP contribution is 2.47. The molecule has 3 aromatic rings. The number of sulfonamides is 1. The van der Waals surface area contributed by atoms with Crippen LogP contribution in [0.4, 0.5) is 0 Å². The van der Waals surface area contributed by atoms with Gasteiger partial charge in [0.1, 0.15) is 0 Å². The number of nitrogens with one attached hydrogen (secondary N) is 1. The average Bonchev–Trinajstić information content (AvgIpc) is 3.43. The second kappa shape index (κ2) is 5.93. The summed E-state index contributed by atoms with van der Waals surface area (Å²) >= 11 is 0. The Kier molecular flexibility index (Phi) is 3.85. The number of fused-ring (bicyclic) bond motifs is 1. The van der Waals surface area contributed by atoms with Crippen LogP contribution in [0.15, 0.2) is 65.7 Å². The molecule has 128 valence electrons. The molecule has 1 heterocycles. The first-order valence-electron chi connectivity index (χ1n) is 8.41. The smallest absolute Gasteiger partial charge is 0.241 e. The van der Waals surface area contributed by atoms with E-state index in [4.69, 9.17) is 0 Å². The van der Waals surface area contributed by atoms with Gasteiger partial charge >= 0.3 is 0 Å². The van der Waals surface area contributed by atoms with E-state index < -0.39 is 10.0 Å². The summed E-state index contributed by atoms with van der Waals surface area (Å²) in [5, 5.41) is 0.666. The molecule has 1 fully saturated rings. The van der Waals surface area contributed by atoms with Gasteiger partial charge in [-0.3, -0.25) is 4.98 Å². The predicted octanol–water partition coefficient (Wildman–Crippen LogP) is 3.55. The molecule has 1 N–H and O–H groups in total. The third-order valence-corrected chi connectivity index (χ3v) is 6.52. The molecule has 0 bridgehead atoms. The van der Waals surface area contributed by atoms with E-state index in [0.29, 0.717) is 16.8 Å². The second-order valence-corrected chi connectivity index (χ2v) is 8.49. The summed E-state index contributed by atoms with van der Waals surface area (Å²) in [5.41, 5.74) is 2.84. The van der Waals surface area contributed by atoms with E-state index in [1.807, 2.05) is 37.3 Å². The molecule has 0 atom stereocenters. The van der Waals surface area contributed by atoms with Crippen LogP contribution in [0.5, 0.6) is 0 Å². The topological polar surface area (TPSA) is 59.1 Å². The van der Waals surface area contributed by atoms with Crippen LogP contribution in [0.25, 0.3) is 10.9 Å². The van der Waals surface area contributed by atoms with E-state index in [1.54, 1.807) is 18.3 Å². The molecule has 4 rings (SSSR count). The number of pyridine rings is 1. The van der Waals surface area contributed by atoms with Crippen molar-refractivity contribution >= 4 is 20.9 Å². The number of rotatable bonds is 5. The van der Waals surface area contributed by atoms with Gasteiger partial charge in [-0.05, 0) is 49.1 Å². The third-order valence-electron chi connectivity index (χ3n) is 5.06. The fourth-order valence-corrected chi connectivity index (χ4v) is 4.67. The number of aryl methyl sites for hydroxylation is 1. The quantitative estimate of drug-likeness (QED) is 0.764. The molecule has 0 aliphatic heterocycles. The van der Waals surface area contributed by atoms with E-state index in [2.05, 4.69) is 21.8 Å². The lowest BCUT2D eigenvalue weighted by Crippen LogP contribution is -2.32. The highest BCUT2D eigenvalue weighted by atomic mass is 32.2. The van der Waals surface area contributed by atoms with Crippen LogP contribution in [-0.2, 0) is 15.4 Å². The first-order chi connectivity index (χ1) is 12.0. The van der Waals surface area contributed by atoms with Crippen molar-refractivity contribution in [1.82, 2.24) is 9.71 Å². The van der Waals surface area contributed by atoms with Crippen molar-refractivity contribution in [2.24, 2.45) is 0 Å². The van der Waals surface area contributed by atoms with Crippen LogP contribution in [0.1, 0.15) is 24.0 Å². The minimum atomic E-state index is -3.59. The van der Waals surface area contributed by atoms with Crippen LogP contribution >= 0.6 is 0 Å². The first-order valence-corrected chi connectivity index (χ1v) is 9.90. The minimum Gasteiger partial charge on any atom is -0.256 e. The molecular formula is C20H20N2O2S. The summed E-state index contributed by atoms with van der Waals surface area (Å²) in [6.07, 6.45) is 3.71. The van der Waals surface area contributed by atoms with Crippen molar-refractivity contribution in [2.45, 2.75) is 30.1 Å². The van der Waals surface area contributed by atoms with Crippen LogP contribution in [0.3, 0.4) is 0 Å². The van der Waals surface area contributed by atoms with Gasteiger partial charge < -0.3 is 0 Å². The normalized spacial score (nSPS) is 16.0. The summed E-state index contributed by atoms with van der Waals surface area (Å²) in [6, 6.07) is 17.2. The van der Waals surface area contributed by atoms with Crippen molar-refractivity contribution in [3.05, 3.63) is 71.9 Å². The molecule has 1 aliphatic carbocycles. The minimum absolute atomic E-state index is 0.0624. The number of aromatic nitrogens is 1. The Hall–Kier alpha value is -2.24. The number of nitrogens with zero attached hydrogens (tertiary/aromatic N) is 1. The van der Waals surface area contributed by atoms with E-state index in [-0.39, 0.29) is 5.41 Å². The Morgan fingerprint density at radius 1 is 1.04 bits per heavy atom. The zero-order chi connectivity index (χ0) is 17.5. The molecule has 1 aliphatic rings. The van der Waals surface area contributed by atoms with Gasteiger partial charge in [-0.25, -0.2) is 13.1 Å². The molecule has 0 spiro atoms. The lowest BCUT2D eigenvalue weighted by molar-refractivity contribution is 0.568. The molecule has 0 saturated heterocycles. The molecular weight excluding hydrogens is 332 g/mol. The van der Waals surface area contributed by atoms with Crippen molar-refractivity contribution in [3.8, 4) is 0 Å². The molecule has 5 heteroatoms. The number of benzene rings is 2. The third kappa shape index (κ3) is 2.94. The van der Waals surface area contributed by atoms with Gasteiger partial charge in [0.2, 0.25) is 10.0 Å². The molecule has 1 saturated carbocycles. The van der Waals surface area contributed by atoms with Crippen LogP contribution in [0.2, 0.25) is 0 Å². The van der Waals surface area contributed by atoms with Crippen molar-refractivity contribution in [3.63, 3.8) is 0 Å². The summed E-state index contributed by atoms with van der Waals surface area (Å²) < 4.78 is 28.7. The van der Waals surface area contributed by atoms with Crippen molar-refractivity contribution in [2.75, 3.05) is 6.54 Å². The predicted molar refractivity (Wildman–Crippen MR) is 99.0 cm³/mol. The average molecular weight is 352 g/mol. The highest BCUT2D eigenvalue weighted by molar-refractivity contribution is 7.89. The maximum absolute atomic E-state index is 12.9. The number of hydrogen-bond donors (Lipinski definition) is 1. The maximum atomic E-state index is 12.9. The molecule has 0 radical (unpaired) electrons. The maximum Gasteiger partial charge on any atom is 0.241 e. The summed E-state index contributed by atoms with van der Waals surface area (Å²) in [4.78, 5) is 4.63. The largest absolute Gasteiger partial charge is 0.256 e. The zero-order valence-corrected chi connectivity index (χ0v) is 14.9. The van der Waals surface area contributed by atoms with Gasteiger partial charge in [0, 0.05) is 23.5 Å². The van der Waals surface area contributed by atoms with Crippen molar-refractivity contribution < 1.29 is 8.42 Å². The van der Waals surface area contributed by atoms with Gasteiger partial charge in [0.05, 0.1) is 10.4 Å². The second-order valence-electron chi connectivity index (χ2n) is 6.75. The van der Waals surface area contributed by atoms with Gasteiger partial charge in [-0.1, -0.05) is 36.4 Å². The summed E-state index contributed by atoms with van der Waals surface area (Å²) in [6.45, 7) is 2.36. The van der Waals surface area contributed by atoms with Gasteiger partial charge in [-0.2, -0.15) is 0 Å². The van der Waals surface area contributed by atoms with Gasteiger partial charge in [0.15, 0.2) is 0 Å². The molecule has 0 unspecified atom stereocenters. The lowest BCUT2D eigenvalue weighted by Gasteiger charge is -2.17. The Morgan fingerprint density at radius 2 is 1.80 bits per heavy atom. The molecule has 25 heavy (non-hydrogen) atoms. The SMILES string of the molecule is Cc1ccc(S(=O)(=O)NCC2(c3ccccc3)CC2)c2cccnc12. The first kappa shape index (κ1) is 16.2. The Bertz CT molecular complexity index is 1030. The molecule has 4 nitrogen and oxygen atoms in total. The van der Waals surface area contributed by atoms with Crippen LogP contribution in [-0.4, -0.2) is 19.9 Å². The zero-order valence-electron chi connectivity index (χ0n) is 14.1. The summed E-state index contributed by atoms with van der Waals surface area (Å²) in [7, 11) is -3.59. The molecule has 0 amide bonds. The van der Waals surface area contributed by atoms with Crippen LogP contribution < -0.4 is 4.72 Å². The summed E-state index contributed by atoms with van der Waals surface area (Å²) in [5.74, 6) is 0. The number of hydrogen-bond acceptors (Lipinski definition) is 3. The Labute approximate surface area is 148 Å². The van der Waals surface area contributed by atoms with E-state index in [1.165, 1.54) is 5.56 Å².